The van der Waals surface area contributed by atoms with Gasteiger partial charge in [-0.1, -0.05) is 78.9 Å². The summed E-state index contributed by atoms with van der Waals surface area (Å²) < 4.78 is 29.7. The fourth-order valence-electron chi connectivity index (χ4n) is 6.03. The van der Waals surface area contributed by atoms with Gasteiger partial charge in [0.25, 0.3) is 5.91 Å². The normalized spacial score (nSPS) is 14.7. The summed E-state index contributed by atoms with van der Waals surface area (Å²) in [5.74, 6) is 1.98. The van der Waals surface area contributed by atoms with Gasteiger partial charge in [-0.05, 0) is 53.1 Å². The molecule has 0 spiro atoms. The van der Waals surface area contributed by atoms with Gasteiger partial charge >= 0.3 is 0 Å². The van der Waals surface area contributed by atoms with Crippen LogP contribution in [0.1, 0.15) is 38.2 Å². The number of methoxy groups -OCH3 is 3. The van der Waals surface area contributed by atoms with Crippen molar-refractivity contribution >= 4 is 12.0 Å². The van der Waals surface area contributed by atoms with Gasteiger partial charge in [0.05, 0.1) is 27.4 Å². The summed E-state index contributed by atoms with van der Waals surface area (Å²) in [6.07, 6.45) is 3.57. The first kappa shape index (κ1) is 32.7. The number of hydrogen-bond acceptors (Lipinski definition) is 7. The SMILES string of the molecule is COc1cc(CC2(C#N)c3cc(OCc4ccccc4)cc(OCc4ccccc4)c3C=CN2C(=O)c2ccccc2)cc(OC)c1OC. The predicted molar refractivity (Wildman–Crippen MR) is 187 cm³/mol. The van der Waals surface area contributed by atoms with Crippen LogP contribution in [0.2, 0.25) is 0 Å². The van der Waals surface area contributed by atoms with Crippen LogP contribution >= 0.6 is 0 Å². The minimum Gasteiger partial charge on any atom is -0.493 e. The molecule has 0 aromatic heterocycles. The maximum atomic E-state index is 14.3. The van der Waals surface area contributed by atoms with Gasteiger partial charge in [0, 0.05) is 35.4 Å². The largest absolute Gasteiger partial charge is 0.493 e. The van der Waals surface area contributed by atoms with E-state index in [1.807, 2.05) is 84.9 Å². The summed E-state index contributed by atoms with van der Waals surface area (Å²) in [6, 6.07) is 38.4. The molecule has 0 N–H and O–H groups in total. The molecule has 0 radical (unpaired) electrons. The van der Waals surface area contributed by atoms with Gasteiger partial charge in [-0.3, -0.25) is 9.69 Å². The number of nitrogens with zero attached hydrogens (tertiary/aromatic N) is 2. The molecular formula is C41H36N2O6. The van der Waals surface area contributed by atoms with E-state index in [0.717, 1.165) is 11.1 Å². The van der Waals surface area contributed by atoms with E-state index in [9.17, 15) is 10.1 Å². The molecule has 1 amide bonds. The Morgan fingerprint density at radius 1 is 0.694 bits per heavy atom. The lowest BCUT2D eigenvalue weighted by atomic mass is 9.78. The summed E-state index contributed by atoms with van der Waals surface area (Å²) in [6.45, 7) is 0.592. The van der Waals surface area contributed by atoms with Gasteiger partial charge < -0.3 is 23.7 Å². The molecule has 8 heteroatoms. The second-order valence-corrected chi connectivity index (χ2v) is 11.5. The van der Waals surface area contributed by atoms with E-state index in [2.05, 4.69) is 6.07 Å². The van der Waals surface area contributed by atoms with Crippen molar-refractivity contribution in [1.29, 1.82) is 5.26 Å². The smallest absolute Gasteiger partial charge is 0.259 e. The van der Waals surface area contributed by atoms with Gasteiger partial charge in [-0.15, -0.1) is 0 Å². The molecule has 0 saturated carbocycles. The number of amides is 1. The molecule has 8 nitrogen and oxygen atoms in total. The first-order valence-corrected chi connectivity index (χ1v) is 15.8. The van der Waals surface area contributed by atoms with Crippen LogP contribution in [0, 0.1) is 11.3 Å². The third-order valence-electron chi connectivity index (χ3n) is 8.46. The first-order chi connectivity index (χ1) is 24.0. The molecule has 0 fully saturated rings. The van der Waals surface area contributed by atoms with Gasteiger partial charge in [-0.2, -0.15) is 5.26 Å². The molecule has 1 heterocycles. The fraction of sp³-hybridized carbons (Fsp3) is 0.171. The maximum Gasteiger partial charge on any atom is 0.259 e. The molecule has 6 rings (SSSR count). The highest BCUT2D eigenvalue weighted by molar-refractivity contribution is 5.97. The Kier molecular flexibility index (Phi) is 9.82. The van der Waals surface area contributed by atoms with Gasteiger partial charge in [0.2, 0.25) is 5.75 Å². The Morgan fingerprint density at radius 2 is 1.27 bits per heavy atom. The third kappa shape index (κ3) is 6.78. The second kappa shape index (κ2) is 14.7. The van der Waals surface area contributed by atoms with Crippen LogP contribution in [0.5, 0.6) is 28.7 Å². The molecule has 49 heavy (non-hydrogen) atoms. The minimum atomic E-state index is -1.54. The highest BCUT2D eigenvalue weighted by Gasteiger charge is 2.46. The van der Waals surface area contributed by atoms with Crippen LogP contribution in [-0.2, 0) is 25.2 Å². The van der Waals surface area contributed by atoms with E-state index in [0.29, 0.717) is 64.2 Å². The monoisotopic (exact) mass is 652 g/mol. The van der Waals surface area contributed by atoms with Gasteiger partial charge in [0.1, 0.15) is 24.7 Å². The van der Waals surface area contributed by atoms with Crippen molar-refractivity contribution in [2.45, 2.75) is 25.2 Å². The van der Waals surface area contributed by atoms with Crippen LogP contribution in [-0.4, -0.2) is 32.1 Å². The van der Waals surface area contributed by atoms with E-state index >= 15 is 0 Å². The van der Waals surface area contributed by atoms with Gasteiger partial charge in [-0.25, -0.2) is 0 Å². The van der Waals surface area contributed by atoms with Crippen molar-refractivity contribution in [1.82, 2.24) is 4.90 Å². The highest BCUT2D eigenvalue weighted by atomic mass is 16.5. The number of hydrogen-bond donors (Lipinski definition) is 0. The zero-order valence-electron chi connectivity index (χ0n) is 27.6. The summed E-state index contributed by atoms with van der Waals surface area (Å²) in [5, 5.41) is 11.3. The summed E-state index contributed by atoms with van der Waals surface area (Å²) >= 11 is 0. The third-order valence-corrected chi connectivity index (χ3v) is 8.46. The Bertz CT molecular complexity index is 1970. The molecule has 0 saturated heterocycles. The standard InChI is InChI=1S/C41H36N2O6/c1-45-37-21-31(22-38(46-2)39(37)47-3)25-41(28-42)35-23-33(48-26-29-13-7-4-8-14-29)24-36(49-27-30-15-9-5-10-16-30)34(35)19-20-43(41)40(44)32-17-11-6-12-18-32/h4-24H,25-27H2,1-3H3. The quantitative estimate of drug-likeness (QED) is 0.135. The van der Waals surface area contributed by atoms with E-state index in [1.165, 1.54) is 26.2 Å². The highest BCUT2D eigenvalue weighted by Crippen LogP contribution is 2.47. The molecule has 5 aromatic carbocycles. The van der Waals surface area contributed by atoms with Crippen molar-refractivity contribution in [2.75, 3.05) is 21.3 Å². The Labute approximate surface area is 286 Å². The number of benzene rings is 5. The topological polar surface area (TPSA) is 90.3 Å². The summed E-state index contributed by atoms with van der Waals surface area (Å²) in [5.41, 5.74) is 2.78. The minimum absolute atomic E-state index is 0.0798. The molecular weight excluding hydrogens is 616 g/mol. The summed E-state index contributed by atoms with van der Waals surface area (Å²) in [7, 11) is 4.61. The predicted octanol–water partition coefficient (Wildman–Crippen LogP) is 7.96. The molecule has 0 bridgehead atoms. The van der Waals surface area contributed by atoms with Crippen molar-refractivity contribution < 1.29 is 28.5 Å². The van der Waals surface area contributed by atoms with E-state index in [1.54, 1.807) is 42.6 Å². The number of fused-ring (bicyclic) bond motifs is 1. The van der Waals surface area contributed by atoms with E-state index < -0.39 is 5.54 Å². The fourth-order valence-corrected chi connectivity index (χ4v) is 6.03. The van der Waals surface area contributed by atoms with Crippen molar-refractivity contribution in [2.24, 2.45) is 0 Å². The number of carbonyl (C=O) groups excluding carboxylic acids is 1. The van der Waals surface area contributed by atoms with Crippen molar-refractivity contribution in [3.63, 3.8) is 0 Å². The van der Waals surface area contributed by atoms with Crippen LogP contribution in [0.4, 0.5) is 0 Å². The molecule has 1 atom stereocenters. The molecule has 1 aliphatic rings. The number of ether oxygens (including phenoxy) is 5. The zero-order valence-corrected chi connectivity index (χ0v) is 27.6. The average Bonchev–Trinajstić information content (AvgIpc) is 3.16. The van der Waals surface area contributed by atoms with Crippen molar-refractivity contribution in [3.05, 3.63) is 155 Å². The lowest BCUT2D eigenvalue weighted by molar-refractivity contribution is 0.0696. The molecule has 1 unspecified atom stereocenters. The van der Waals surface area contributed by atoms with E-state index in [-0.39, 0.29) is 12.3 Å². The van der Waals surface area contributed by atoms with Crippen LogP contribution in [0.15, 0.2) is 121 Å². The molecule has 1 aliphatic heterocycles. The molecule has 0 aliphatic carbocycles. The lowest BCUT2D eigenvalue weighted by Crippen LogP contribution is -2.49. The van der Waals surface area contributed by atoms with Crippen LogP contribution < -0.4 is 23.7 Å². The molecule has 246 valence electrons. The lowest BCUT2D eigenvalue weighted by Gasteiger charge is -2.41. The Balaban J connectivity index is 1.52. The first-order valence-electron chi connectivity index (χ1n) is 15.8. The van der Waals surface area contributed by atoms with Crippen molar-refractivity contribution in [3.8, 4) is 34.8 Å². The van der Waals surface area contributed by atoms with Crippen LogP contribution in [0.25, 0.3) is 6.08 Å². The summed E-state index contributed by atoms with van der Waals surface area (Å²) in [4.78, 5) is 15.8. The zero-order chi connectivity index (χ0) is 34.2. The maximum absolute atomic E-state index is 14.3. The Hall–Kier alpha value is -6.20. The number of carbonyl (C=O) groups is 1. The van der Waals surface area contributed by atoms with Gasteiger partial charge in [0.15, 0.2) is 17.0 Å². The van der Waals surface area contributed by atoms with Crippen LogP contribution in [0.3, 0.4) is 0 Å². The Morgan fingerprint density at radius 3 is 1.82 bits per heavy atom. The number of rotatable bonds is 12. The van der Waals surface area contributed by atoms with E-state index in [4.69, 9.17) is 23.7 Å². The second-order valence-electron chi connectivity index (χ2n) is 11.5. The molecule has 5 aromatic rings. The number of nitriles is 1. The average molecular weight is 653 g/mol.